The number of likely N-dealkylation sites (N-methyl/N-ethyl adjacent to an activating group) is 2. The third-order valence-corrected chi connectivity index (χ3v) is 4.63. The standard InChI is InChI=1S/C14H26N4S/c1-5-18-8-6-7-12(18)10-17(4)14-15-13(16-19-14)9-11(2)3/h11-12H,5-10H2,1-4H3. The molecule has 0 spiro atoms. The smallest absolute Gasteiger partial charge is 0.204 e. The lowest BCUT2D eigenvalue weighted by molar-refractivity contribution is 0.270. The van der Waals surface area contributed by atoms with Gasteiger partial charge >= 0.3 is 0 Å². The maximum atomic E-state index is 4.66. The largest absolute Gasteiger partial charge is 0.348 e. The molecule has 1 aliphatic heterocycles. The molecule has 0 N–H and O–H groups in total. The first kappa shape index (κ1) is 14.7. The molecule has 0 saturated carbocycles. The Morgan fingerprint density at radius 1 is 1.47 bits per heavy atom. The van der Waals surface area contributed by atoms with Crippen molar-refractivity contribution in [1.29, 1.82) is 0 Å². The molecule has 19 heavy (non-hydrogen) atoms. The van der Waals surface area contributed by atoms with E-state index in [9.17, 15) is 0 Å². The SMILES string of the molecule is CCN1CCCC1CN(C)c1nc(CC(C)C)ns1. The van der Waals surface area contributed by atoms with E-state index in [-0.39, 0.29) is 0 Å². The summed E-state index contributed by atoms with van der Waals surface area (Å²) in [7, 11) is 2.14. The monoisotopic (exact) mass is 282 g/mol. The second kappa shape index (κ2) is 6.66. The van der Waals surface area contributed by atoms with Gasteiger partial charge < -0.3 is 4.90 Å². The molecule has 1 aromatic heterocycles. The highest BCUT2D eigenvalue weighted by molar-refractivity contribution is 7.09. The van der Waals surface area contributed by atoms with Gasteiger partial charge in [-0.15, -0.1) is 0 Å². The Bertz CT molecular complexity index is 391. The van der Waals surface area contributed by atoms with E-state index in [4.69, 9.17) is 0 Å². The average molecular weight is 282 g/mol. The second-order valence-corrected chi connectivity index (χ2v) is 6.63. The number of aromatic nitrogens is 2. The van der Waals surface area contributed by atoms with Crippen LogP contribution in [0.4, 0.5) is 5.13 Å². The van der Waals surface area contributed by atoms with Gasteiger partial charge in [0, 0.05) is 37.6 Å². The van der Waals surface area contributed by atoms with Crippen LogP contribution < -0.4 is 4.90 Å². The van der Waals surface area contributed by atoms with E-state index in [0.29, 0.717) is 12.0 Å². The normalized spacial score (nSPS) is 20.4. The number of likely N-dealkylation sites (tertiary alicyclic amines) is 1. The van der Waals surface area contributed by atoms with Crippen molar-refractivity contribution in [2.75, 3.05) is 31.6 Å². The zero-order chi connectivity index (χ0) is 13.8. The van der Waals surface area contributed by atoms with E-state index in [2.05, 4.69) is 47.0 Å². The molecule has 0 bridgehead atoms. The van der Waals surface area contributed by atoms with Crippen LogP contribution in [0, 0.1) is 5.92 Å². The summed E-state index contributed by atoms with van der Waals surface area (Å²) >= 11 is 1.54. The maximum Gasteiger partial charge on any atom is 0.204 e. The fraction of sp³-hybridized carbons (Fsp3) is 0.857. The van der Waals surface area contributed by atoms with E-state index in [0.717, 1.165) is 30.5 Å². The van der Waals surface area contributed by atoms with Gasteiger partial charge in [-0.2, -0.15) is 4.37 Å². The maximum absolute atomic E-state index is 4.66. The van der Waals surface area contributed by atoms with Crippen LogP contribution in [0.2, 0.25) is 0 Å². The molecular formula is C14H26N4S. The van der Waals surface area contributed by atoms with Crippen molar-refractivity contribution in [2.45, 2.75) is 46.1 Å². The molecule has 2 heterocycles. The predicted molar refractivity (Wildman–Crippen MR) is 82.0 cm³/mol. The molecule has 0 amide bonds. The van der Waals surface area contributed by atoms with Gasteiger partial charge in [0.25, 0.3) is 0 Å². The van der Waals surface area contributed by atoms with Crippen molar-refractivity contribution in [1.82, 2.24) is 14.3 Å². The minimum atomic E-state index is 0.623. The second-order valence-electron chi connectivity index (χ2n) is 5.90. The molecule has 1 atom stereocenters. The first-order valence-corrected chi connectivity index (χ1v) is 8.15. The molecule has 4 nitrogen and oxygen atoms in total. The molecule has 108 valence electrons. The van der Waals surface area contributed by atoms with Crippen LogP contribution in [0.5, 0.6) is 0 Å². The van der Waals surface area contributed by atoms with Crippen molar-refractivity contribution < 1.29 is 0 Å². The summed E-state index contributed by atoms with van der Waals surface area (Å²) in [6.07, 6.45) is 3.63. The average Bonchev–Trinajstić information content (AvgIpc) is 2.97. The Morgan fingerprint density at radius 3 is 2.95 bits per heavy atom. The summed E-state index contributed by atoms with van der Waals surface area (Å²) in [5.41, 5.74) is 0. The van der Waals surface area contributed by atoms with E-state index >= 15 is 0 Å². The highest BCUT2D eigenvalue weighted by Gasteiger charge is 2.25. The Labute approximate surface area is 121 Å². The van der Waals surface area contributed by atoms with E-state index in [1.165, 1.54) is 30.9 Å². The molecule has 5 heteroatoms. The summed E-state index contributed by atoms with van der Waals surface area (Å²) < 4.78 is 4.47. The van der Waals surface area contributed by atoms with Crippen LogP contribution in [-0.4, -0.2) is 47.0 Å². The van der Waals surface area contributed by atoms with Crippen LogP contribution in [0.25, 0.3) is 0 Å². The molecule has 0 aromatic carbocycles. The highest BCUT2D eigenvalue weighted by Crippen LogP contribution is 2.22. The molecule has 1 aliphatic rings. The fourth-order valence-electron chi connectivity index (χ4n) is 2.76. The minimum Gasteiger partial charge on any atom is -0.348 e. The Kier molecular flexibility index (Phi) is 5.16. The zero-order valence-electron chi connectivity index (χ0n) is 12.6. The Morgan fingerprint density at radius 2 is 2.26 bits per heavy atom. The van der Waals surface area contributed by atoms with Gasteiger partial charge in [-0.1, -0.05) is 20.8 Å². The molecule has 0 aliphatic carbocycles. The fourth-order valence-corrected chi connectivity index (χ4v) is 3.42. The molecule has 1 unspecified atom stereocenters. The minimum absolute atomic E-state index is 0.623. The third-order valence-electron chi connectivity index (χ3n) is 3.76. The van der Waals surface area contributed by atoms with Crippen LogP contribution in [0.3, 0.4) is 0 Å². The van der Waals surface area contributed by atoms with Crippen molar-refractivity contribution >= 4 is 16.7 Å². The van der Waals surface area contributed by atoms with Gasteiger partial charge in [-0.3, -0.25) is 4.90 Å². The summed E-state index contributed by atoms with van der Waals surface area (Å²) in [6, 6.07) is 0.687. The van der Waals surface area contributed by atoms with Gasteiger partial charge in [0.2, 0.25) is 5.13 Å². The van der Waals surface area contributed by atoms with Crippen molar-refractivity contribution in [3.05, 3.63) is 5.82 Å². The lowest BCUT2D eigenvalue weighted by atomic mass is 10.1. The van der Waals surface area contributed by atoms with Crippen LogP contribution in [0.15, 0.2) is 0 Å². The first-order valence-electron chi connectivity index (χ1n) is 7.38. The summed E-state index contributed by atoms with van der Waals surface area (Å²) in [5, 5.41) is 1.07. The quantitative estimate of drug-likeness (QED) is 0.803. The lowest BCUT2D eigenvalue weighted by Gasteiger charge is -2.27. The lowest BCUT2D eigenvalue weighted by Crippen LogP contribution is -2.38. The number of nitrogens with zero attached hydrogens (tertiary/aromatic N) is 4. The Balaban J connectivity index is 1.92. The molecule has 1 fully saturated rings. The molecule has 1 saturated heterocycles. The van der Waals surface area contributed by atoms with Crippen molar-refractivity contribution in [2.24, 2.45) is 5.92 Å². The van der Waals surface area contributed by atoms with Gasteiger partial charge in [0.15, 0.2) is 0 Å². The van der Waals surface area contributed by atoms with Crippen molar-refractivity contribution in [3.8, 4) is 0 Å². The summed E-state index contributed by atoms with van der Waals surface area (Å²) in [6.45, 7) is 10.2. The summed E-state index contributed by atoms with van der Waals surface area (Å²) in [4.78, 5) is 9.51. The number of hydrogen-bond acceptors (Lipinski definition) is 5. The predicted octanol–water partition coefficient (Wildman–Crippen LogP) is 2.66. The third kappa shape index (κ3) is 3.89. The van der Waals surface area contributed by atoms with Crippen molar-refractivity contribution in [3.63, 3.8) is 0 Å². The van der Waals surface area contributed by atoms with Gasteiger partial charge in [0.1, 0.15) is 5.82 Å². The molecule has 1 aromatic rings. The number of rotatable bonds is 6. The van der Waals surface area contributed by atoms with E-state index < -0.39 is 0 Å². The Hall–Kier alpha value is -0.680. The van der Waals surface area contributed by atoms with Crippen LogP contribution >= 0.6 is 11.5 Å². The molecule has 0 radical (unpaired) electrons. The van der Waals surface area contributed by atoms with E-state index in [1.54, 1.807) is 0 Å². The van der Waals surface area contributed by atoms with Crippen LogP contribution in [-0.2, 0) is 6.42 Å². The highest BCUT2D eigenvalue weighted by atomic mass is 32.1. The number of anilines is 1. The number of hydrogen-bond donors (Lipinski definition) is 0. The molecular weight excluding hydrogens is 256 g/mol. The first-order chi connectivity index (χ1) is 9.10. The van der Waals surface area contributed by atoms with Gasteiger partial charge in [0.05, 0.1) is 0 Å². The van der Waals surface area contributed by atoms with Gasteiger partial charge in [-0.25, -0.2) is 4.98 Å². The van der Waals surface area contributed by atoms with Crippen LogP contribution in [0.1, 0.15) is 39.4 Å². The molecule has 2 rings (SSSR count). The summed E-state index contributed by atoms with van der Waals surface area (Å²) in [5.74, 6) is 1.62. The zero-order valence-corrected chi connectivity index (χ0v) is 13.4. The van der Waals surface area contributed by atoms with Gasteiger partial charge in [-0.05, 0) is 31.8 Å². The topological polar surface area (TPSA) is 32.3 Å². The van der Waals surface area contributed by atoms with E-state index in [1.807, 2.05) is 0 Å².